The number of hydrogen-bond acceptors (Lipinski definition) is 5. The first-order valence-corrected chi connectivity index (χ1v) is 9.73. The zero-order chi connectivity index (χ0) is 21.3. The summed E-state index contributed by atoms with van der Waals surface area (Å²) in [5.41, 5.74) is 4.04. The highest BCUT2D eigenvalue weighted by Gasteiger charge is 2.46. The SMILES string of the molecule is Cc1[nH]c(C)c(/C(O)=C2\C(=O)C(=O)N(CCCN(C)C)C2c2ccncc2)c1C. The lowest BCUT2D eigenvalue weighted by molar-refractivity contribution is -0.139. The largest absolute Gasteiger partial charge is 0.507 e. The maximum absolute atomic E-state index is 13.0. The average Bonchev–Trinajstić information content (AvgIpc) is 3.08. The van der Waals surface area contributed by atoms with E-state index >= 15 is 0 Å². The van der Waals surface area contributed by atoms with Crippen LogP contribution in [0.1, 0.15) is 40.5 Å². The number of carbonyl (C=O) groups is 2. The highest BCUT2D eigenvalue weighted by Crippen LogP contribution is 2.40. The Morgan fingerprint density at radius 1 is 1.17 bits per heavy atom. The van der Waals surface area contributed by atoms with Gasteiger partial charge in [0.05, 0.1) is 11.6 Å². The highest BCUT2D eigenvalue weighted by molar-refractivity contribution is 6.46. The molecular weight excluding hydrogens is 368 g/mol. The lowest BCUT2D eigenvalue weighted by Gasteiger charge is -2.25. The molecule has 1 aliphatic rings. The van der Waals surface area contributed by atoms with Crippen LogP contribution in [0.4, 0.5) is 0 Å². The topological polar surface area (TPSA) is 89.5 Å². The number of nitrogens with zero attached hydrogens (tertiary/aromatic N) is 3. The van der Waals surface area contributed by atoms with Crippen molar-refractivity contribution in [3.8, 4) is 0 Å². The number of aromatic nitrogens is 2. The highest BCUT2D eigenvalue weighted by atomic mass is 16.3. The standard InChI is InChI=1S/C22H28N4O3/c1-13-14(2)24-15(3)17(13)20(27)18-19(16-7-9-23-10-8-16)26(22(29)21(18)28)12-6-11-25(4)5/h7-10,19,24,27H,6,11-12H2,1-5H3/b20-18+. The number of H-pyrrole nitrogens is 1. The number of ketones is 1. The van der Waals surface area contributed by atoms with Crippen molar-refractivity contribution in [2.45, 2.75) is 33.2 Å². The minimum Gasteiger partial charge on any atom is -0.507 e. The number of aliphatic hydroxyl groups excluding tert-OH is 1. The third-order valence-electron chi connectivity index (χ3n) is 5.49. The molecule has 0 aromatic carbocycles. The van der Waals surface area contributed by atoms with Crippen LogP contribution in [0.5, 0.6) is 0 Å². The minimum atomic E-state index is -0.646. The number of likely N-dealkylation sites (tertiary alicyclic amines) is 1. The molecule has 29 heavy (non-hydrogen) atoms. The van der Waals surface area contributed by atoms with Gasteiger partial charge in [-0.3, -0.25) is 14.6 Å². The maximum Gasteiger partial charge on any atom is 0.295 e. The van der Waals surface area contributed by atoms with Crippen LogP contribution in [0.3, 0.4) is 0 Å². The quantitative estimate of drug-likeness (QED) is 0.445. The van der Waals surface area contributed by atoms with Gasteiger partial charge in [-0.15, -0.1) is 0 Å². The molecule has 0 spiro atoms. The molecule has 0 radical (unpaired) electrons. The summed E-state index contributed by atoms with van der Waals surface area (Å²) in [7, 11) is 3.93. The van der Waals surface area contributed by atoms with E-state index in [4.69, 9.17) is 0 Å². The van der Waals surface area contributed by atoms with E-state index in [1.54, 1.807) is 29.4 Å². The summed E-state index contributed by atoms with van der Waals surface area (Å²) >= 11 is 0. The van der Waals surface area contributed by atoms with Gasteiger partial charge in [0.25, 0.3) is 11.7 Å². The zero-order valence-corrected chi connectivity index (χ0v) is 17.6. The van der Waals surface area contributed by atoms with Gasteiger partial charge in [0.15, 0.2) is 0 Å². The van der Waals surface area contributed by atoms with Crippen LogP contribution in [0.2, 0.25) is 0 Å². The molecular formula is C22H28N4O3. The Bertz CT molecular complexity index is 960. The number of aryl methyl sites for hydroxylation is 2. The van der Waals surface area contributed by atoms with E-state index in [0.717, 1.165) is 35.5 Å². The van der Waals surface area contributed by atoms with Gasteiger partial charge >= 0.3 is 0 Å². The molecule has 1 saturated heterocycles. The fraction of sp³-hybridized carbons (Fsp3) is 0.409. The number of rotatable bonds is 6. The van der Waals surface area contributed by atoms with E-state index in [1.165, 1.54) is 0 Å². The number of aromatic amines is 1. The van der Waals surface area contributed by atoms with Crippen LogP contribution in [-0.4, -0.2) is 63.7 Å². The molecule has 154 valence electrons. The average molecular weight is 396 g/mol. The molecule has 0 aliphatic carbocycles. The Morgan fingerprint density at radius 3 is 2.38 bits per heavy atom. The molecule has 0 bridgehead atoms. The van der Waals surface area contributed by atoms with E-state index in [0.29, 0.717) is 12.1 Å². The van der Waals surface area contributed by atoms with Crippen molar-refractivity contribution >= 4 is 17.4 Å². The Morgan fingerprint density at radius 2 is 1.83 bits per heavy atom. The van der Waals surface area contributed by atoms with Crippen molar-refractivity contribution in [3.05, 3.63) is 58.2 Å². The van der Waals surface area contributed by atoms with Crippen LogP contribution in [0.25, 0.3) is 5.76 Å². The minimum absolute atomic E-state index is 0.125. The van der Waals surface area contributed by atoms with Crippen LogP contribution in [-0.2, 0) is 9.59 Å². The van der Waals surface area contributed by atoms with Crippen LogP contribution in [0, 0.1) is 20.8 Å². The molecule has 3 heterocycles. The van der Waals surface area contributed by atoms with E-state index in [1.807, 2.05) is 39.8 Å². The number of carbonyl (C=O) groups excluding carboxylic acids is 2. The summed E-state index contributed by atoms with van der Waals surface area (Å²) in [6, 6.07) is 2.93. The van der Waals surface area contributed by atoms with Gasteiger partial charge in [0, 0.05) is 35.9 Å². The second-order valence-electron chi connectivity index (χ2n) is 7.80. The number of hydrogen-bond donors (Lipinski definition) is 2. The Kier molecular flexibility index (Phi) is 5.88. The number of pyridine rings is 1. The molecule has 7 nitrogen and oxygen atoms in total. The molecule has 2 aromatic heterocycles. The van der Waals surface area contributed by atoms with Crippen LogP contribution >= 0.6 is 0 Å². The van der Waals surface area contributed by atoms with Gasteiger partial charge in [0.2, 0.25) is 0 Å². The van der Waals surface area contributed by atoms with Gasteiger partial charge in [0.1, 0.15) is 5.76 Å². The summed E-state index contributed by atoms with van der Waals surface area (Å²) in [6.45, 7) is 6.88. The first-order chi connectivity index (χ1) is 13.7. The number of Topliss-reactive ketones (excluding diaryl/α,β-unsaturated/α-hetero) is 1. The van der Waals surface area contributed by atoms with Crippen molar-refractivity contribution in [1.82, 2.24) is 19.8 Å². The van der Waals surface area contributed by atoms with Crippen LogP contribution < -0.4 is 0 Å². The number of nitrogens with one attached hydrogen (secondary N) is 1. The molecule has 3 rings (SSSR count). The monoisotopic (exact) mass is 396 g/mol. The summed E-state index contributed by atoms with van der Waals surface area (Å²) in [6.07, 6.45) is 3.99. The summed E-state index contributed by atoms with van der Waals surface area (Å²) in [5, 5.41) is 11.2. The van der Waals surface area contributed by atoms with Gasteiger partial charge in [-0.05, 0) is 71.1 Å². The summed E-state index contributed by atoms with van der Waals surface area (Å²) in [4.78, 5) is 36.7. The lowest BCUT2D eigenvalue weighted by atomic mass is 9.94. The van der Waals surface area contributed by atoms with Gasteiger partial charge in [-0.1, -0.05) is 0 Å². The van der Waals surface area contributed by atoms with Gasteiger partial charge in [-0.25, -0.2) is 0 Å². The molecule has 1 atom stereocenters. The summed E-state index contributed by atoms with van der Waals surface area (Å²) in [5.74, 6) is -1.35. The first-order valence-electron chi connectivity index (χ1n) is 9.73. The van der Waals surface area contributed by atoms with Gasteiger partial charge < -0.3 is 19.9 Å². The van der Waals surface area contributed by atoms with Crippen molar-refractivity contribution in [3.63, 3.8) is 0 Å². The van der Waals surface area contributed by atoms with E-state index in [9.17, 15) is 14.7 Å². The second kappa shape index (κ2) is 8.21. The molecule has 0 saturated carbocycles. The van der Waals surface area contributed by atoms with Crippen molar-refractivity contribution in [1.29, 1.82) is 0 Å². The molecule has 1 unspecified atom stereocenters. The molecule has 1 aliphatic heterocycles. The molecule has 7 heteroatoms. The smallest absolute Gasteiger partial charge is 0.295 e. The fourth-order valence-electron chi connectivity index (χ4n) is 3.96. The molecule has 1 amide bonds. The molecule has 2 aromatic rings. The van der Waals surface area contributed by atoms with Crippen LogP contribution in [0.15, 0.2) is 30.1 Å². The molecule has 1 fully saturated rings. The number of amides is 1. The third kappa shape index (κ3) is 3.82. The normalized spacial score (nSPS) is 18.8. The second-order valence-corrected chi connectivity index (χ2v) is 7.80. The third-order valence-corrected chi connectivity index (χ3v) is 5.49. The maximum atomic E-state index is 13.0. The lowest BCUT2D eigenvalue weighted by Crippen LogP contribution is -2.32. The number of aliphatic hydroxyl groups is 1. The van der Waals surface area contributed by atoms with E-state index < -0.39 is 17.7 Å². The Labute approximate surface area is 171 Å². The van der Waals surface area contributed by atoms with Crippen molar-refractivity contribution in [2.24, 2.45) is 0 Å². The predicted molar refractivity (Wildman–Crippen MR) is 111 cm³/mol. The predicted octanol–water partition coefficient (Wildman–Crippen LogP) is 2.71. The van der Waals surface area contributed by atoms with Crippen molar-refractivity contribution < 1.29 is 14.7 Å². The molecule has 2 N–H and O–H groups in total. The fourth-order valence-corrected chi connectivity index (χ4v) is 3.96. The Hall–Kier alpha value is -2.93. The van der Waals surface area contributed by atoms with E-state index in [2.05, 4.69) is 9.97 Å². The Balaban J connectivity index is 2.13. The van der Waals surface area contributed by atoms with Gasteiger partial charge in [-0.2, -0.15) is 0 Å². The first kappa shape index (κ1) is 20.8. The zero-order valence-electron chi connectivity index (χ0n) is 17.6. The summed E-state index contributed by atoms with van der Waals surface area (Å²) < 4.78 is 0. The van der Waals surface area contributed by atoms with E-state index in [-0.39, 0.29) is 11.3 Å². The van der Waals surface area contributed by atoms with Crippen molar-refractivity contribution in [2.75, 3.05) is 27.2 Å².